The molecule has 0 saturated carbocycles. The average Bonchev–Trinajstić information content (AvgIpc) is 2.82. The molecule has 36 heavy (non-hydrogen) atoms. The number of halogens is 5. The number of hydrogen-bond donors (Lipinski definition) is 1. The molecule has 2 aromatic carbocycles. The summed E-state index contributed by atoms with van der Waals surface area (Å²) in [4.78, 5) is 27.2. The molecule has 0 aromatic heterocycles. The first-order valence-corrected chi connectivity index (χ1v) is 11.7. The number of carbonyl (C=O) groups is 2. The van der Waals surface area contributed by atoms with Gasteiger partial charge in [-0.3, -0.25) is 4.90 Å². The molecule has 2 aromatic rings. The van der Waals surface area contributed by atoms with E-state index in [4.69, 9.17) is 15.2 Å². The molecule has 188 valence electrons. The zero-order valence-electron chi connectivity index (χ0n) is 18.5. The summed E-state index contributed by atoms with van der Waals surface area (Å²) >= 11 is 4.92. The molecule has 1 heterocycles. The van der Waals surface area contributed by atoms with Gasteiger partial charge in [-0.15, -0.1) is 13.2 Å². The molecule has 1 aliphatic rings. The van der Waals surface area contributed by atoms with Crippen molar-refractivity contribution in [3.63, 3.8) is 0 Å². The maximum Gasteiger partial charge on any atom is 0.573 e. The van der Waals surface area contributed by atoms with Gasteiger partial charge in [-0.2, -0.15) is 5.26 Å². The van der Waals surface area contributed by atoms with E-state index < -0.39 is 30.0 Å². The van der Waals surface area contributed by atoms with Gasteiger partial charge >= 0.3 is 18.3 Å². The second-order valence-corrected chi connectivity index (χ2v) is 9.14. The molecular weight excluding hydrogens is 662 g/mol. The number of alkyl halides is 3. The number of benzene rings is 2. The zero-order valence-corrected chi connectivity index (χ0v) is 22.3. The molecule has 8 nitrogen and oxygen atoms in total. The number of carbonyl (C=O) groups excluding carboxylic acids is 2. The lowest BCUT2D eigenvalue weighted by Gasteiger charge is -2.36. The molecule has 3 rings (SSSR count). The Morgan fingerprint density at radius 2 is 1.75 bits per heavy atom. The number of ether oxygens (including phenoxy) is 3. The van der Waals surface area contributed by atoms with Crippen LogP contribution in [0.15, 0.2) is 69.6 Å². The normalized spacial score (nSPS) is 15.9. The summed E-state index contributed by atoms with van der Waals surface area (Å²) in [6.45, 7) is 0. The Balaban J connectivity index is 2.40. The molecule has 0 bridgehead atoms. The quantitative estimate of drug-likeness (QED) is 0.353. The molecule has 13 heteroatoms. The zero-order chi connectivity index (χ0) is 26.8. The van der Waals surface area contributed by atoms with Gasteiger partial charge in [0.1, 0.15) is 17.3 Å². The highest BCUT2D eigenvalue weighted by Crippen LogP contribution is 2.47. The molecule has 0 radical (unpaired) electrons. The number of esters is 2. The Kier molecular flexibility index (Phi) is 8.19. The first-order valence-electron chi connectivity index (χ1n) is 9.85. The third-order valence-corrected chi connectivity index (χ3v) is 6.48. The van der Waals surface area contributed by atoms with Gasteiger partial charge in [0.15, 0.2) is 0 Å². The molecular formula is C23H16BrF3IN3O5. The minimum Gasteiger partial charge on any atom is -0.466 e. The third kappa shape index (κ3) is 5.29. The van der Waals surface area contributed by atoms with Crippen molar-refractivity contribution in [3.05, 3.63) is 78.7 Å². The van der Waals surface area contributed by atoms with Gasteiger partial charge in [0.2, 0.25) is 0 Å². The summed E-state index contributed by atoms with van der Waals surface area (Å²) in [6, 6.07) is 12.4. The largest absolute Gasteiger partial charge is 0.573 e. The number of rotatable bonds is 5. The van der Waals surface area contributed by atoms with Crippen LogP contribution in [0, 0.1) is 14.9 Å². The summed E-state index contributed by atoms with van der Waals surface area (Å²) in [7, 11) is 2.19. The molecule has 0 spiro atoms. The van der Waals surface area contributed by atoms with Gasteiger partial charge in [0.05, 0.1) is 43.0 Å². The number of allylic oxidation sites excluding steroid dienone is 1. The predicted molar refractivity (Wildman–Crippen MR) is 133 cm³/mol. The second kappa shape index (κ2) is 10.8. The SMILES string of the molecule is COC(=O)C1=C(C(=O)OC)N(c2c(Br)cc(OC(F)(F)F)cc2I)C(N)=C(C#N)C1c1ccccc1. The van der Waals surface area contributed by atoms with E-state index in [0.717, 1.165) is 31.3 Å². The van der Waals surface area contributed by atoms with Crippen molar-refractivity contribution in [3.8, 4) is 11.8 Å². The Labute approximate surface area is 225 Å². The van der Waals surface area contributed by atoms with E-state index in [0.29, 0.717) is 5.56 Å². The number of methoxy groups -OCH3 is 2. The van der Waals surface area contributed by atoms with E-state index in [1.165, 1.54) is 0 Å². The standard InChI is InChI=1S/C23H16BrF3IN3O5/c1-34-21(32)17-16(11-6-4-3-5-7-11)13(10-29)20(30)31(19(17)22(33)35-2)18-14(24)8-12(9-15(18)28)36-23(25,26)27/h3-9,16H,30H2,1-2H3. The van der Waals surface area contributed by atoms with E-state index in [9.17, 15) is 28.0 Å². The Morgan fingerprint density at radius 1 is 1.14 bits per heavy atom. The summed E-state index contributed by atoms with van der Waals surface area (Å²) in [5.74, 6) is -3.78. The van der Waals surface area contributed by atoms with Crippen LogP contribution in [0.25, 0.3) is 0 Å². The van der Waals surface area contributed by atoms with Crippen LogP contribution in [0.1, 0.15) is 11.5 Å². The molecule has 1 aliphatic heterocycles. The highest BCUT2D eigenvalue weighted by molar-refractivity contribution is 14.1. The third-order valence-electron chi connectivity index (χ3n) is 5.06. The first kappa shape index (κ1) is 27.3. The maximum absolute atomic E-state index is 13.1. The van der Waals surface area contributed by atoms with Crippen LogP contribution < -0.4 is 15.4 Å². The summed E-state index contributed by atoms with van der Waals surface area (Å²) in [6.07, 6.45) is -4.94. The summed E-state index contributed by atoms with van der Waals surface area (Å²) < 4.78 is 52.4. The number of hydrogen-bond acceptors (Lipinski definition) is 8. The molecule has 2 N–H and O–H groups in total. The second-order valence-electron chi connectivity index (χ2n) is 7.12. The molecule has 1 unspecified atom stereocenters. The maximum atomic E-state index is 13.1. The van der Waals surface area contributed by atoms with Crippen LogP contribution in [-0.4, -0.2) is 32.5 Å². The number of nitrogens with zero attached hydrogens (tertiary/aromatic N) is 2. The topological polar surface area (TPSA) is 115 Å². The lowest BCUT2D eigenvalue weighted by Crippen LogP contribution is -2.41. The fourth-order valence-corrected chi connectivity index (χ4v) is 5.52. The van der Waals surface area contributed by atoms with Gasteiger partial charge in [0.25, 0.3) is 0 Å². The fraction of sp³-hybridized carbons (Fsp3) is 0.174. The van der Waals surface area contributed by atoms with Crippen LogP contribution in [0.5, 0.6) is 5.75 Å². The van der Waals surface area contributed by atoms with Gasteiger partial charge in [-0.25, -0.2) is 9.59 Å². The monoisotopic (exact) mass is 677 g/mol. The van der Waals surface area contributed by atoms with E-state index in [1.54, 1.807) is 52.9 Å². The van der Waals surface area contributed by atoms with Gasteiger partial charge < -0.3 is 19.9 Å². The van der Waals surface area contributed by atoms with Crippen molar-refractivity contribution in [2.45, 2.75) is 12.3 Å². The van der Waals surface area contributed by atoms with Gasteiger partial charge in [-0.1, -0.05) is 30.3 Å². The van der Waals surface area contributed by atoms with Crippen LogP contribution in [0.2, 0.25) is 0 Å². The number of nitrogens with two attached hydrogens (primary N) is 1. The Bertz CT molecular complexity index is 1300. The lowest BCUT2D eigenvalue weighted by atomic mass is 9.81. The minimum absolute atomic E-state index is 0.0256. The lowest BCUT2D eigenvalue weighted by molar-refractivity contribution is -0.274. The molecule has 0 aliphatic carbocycles. The van der Waals surface area contributed by atoms with E-state index in [-0.39, 0.29) is 36.4 Å². The van der Waals surface area contributed by atoms with Crippen LogP contribution >= 0.6 is 38.5 Å². The van der Waals surface area contributed by atoms with Gasteiger partial charge in [0, 0.05) is 8.04 Å². The molecule has 1 atom stereocenters. The Hall–Kier alpha value is -3.25. The highest BCUT2D eigenvalue weighted by Gasteiger charge is 2.44. The molecule has 0 saturated heterocycles. The first-order chi connectivity index (χ1) is 16.9. The van der Waals surface area contributed by atoms with Crippen LogP contribution in [-0.2, 0) is 19.1 Å². The molecule has 0 amide bonds. The molecule has 0 fully saturated rings. The van der Waals surface area contributed by atoms with Crippen molar-refractivity contribution in [1.82, 2.24) is 0 Å². The van der Waals surface area contributed by atoms with Crippen molar-refractivity contribution in [2.75, 3.05) is 19.1 Å². The fourth-order valence-electron chi connectivity index (χ4n) is 3.69. The van der Waals surface area contributed by atoms with Crippen molar-refractivity contribution in [1.29, 1.82) is 5.26 Å². The number of nitriles is 1. The van der Waals surface area contributed by atoms with E-state index in [2.05, 4.69) is 20.7 Å². The summed E-state index contributed by atoms with van der Waals surface area (Å²) in [5.41, 5.74) is 6.27. The predicted octanol–water partition coefficient (Wildman–Crippen LogP) is 4.85. The van der Waals surface area contributed by atoms with E-state index in [1.807, 2.05) is 6.07 Å². The van der Waals surface area contributed by atoms with Crippen LogP contribution in [0.4, 0.5) is 18.9 Å². The van der Waals surface area contributed by atoms with Gasteiger partial charge in [-0.05, 0) is 56.2 Å². The Morgan fingerprint density at radius 3 is 2.25 bits per heavy atom. The van der Waals surface area contributed by atoms with Crippen LogP contribution in [0.3, 0.4) is 0 Å². The van der Waals surface area contributed by atoms with Crippen molar-refractivity contribution >= 4 is 56.1 Å². The highest BCUT2D eigenvalue weighted by atomic mass is 127. The van der Waals surface area contributed by atoms with Crippen molar-refractivity contribution < 1.29 is 37.0 Å². The van der Waals surface area contributed by atoms with Crippen molar-refractivity contribution in [2.24, 2.45) is 5.73 Å². The number of anilines is 1. The average molecular weight is 678 g/mol. The van der Waals surface area contributed by atoms with E-state index >= 15 is 0 Å². The minimum atomic E-state index is -4.94. The smallest absolute Gasteiger partial charge is 0.466 e. The summed E-state index contributed by atoms with van der Waals surface area (Å²) in [5, 5.41) is 10.1.